The molecule has 0 radical (unpaired) electrons. The van der Waals surface area contributed by atoms with Crippen LogP contribution in [0.3, 0.4) is 0 Å². The van der Waals surface area contributed by atoms with E-state index in [0.717, 1.165) is 12.1 Å². The van der Waals surface area contributed by atoms with E-state index in [-0.39, 0.29) is 17.8 Å². The van der Waals surface area contributed by atoms with Gasteiger partial charge in [0.15, 0.2) is 11.6 Å². The van der Waals surface area contributed by atoms with Gasteiger partial charge in [-0.15, -0.1) is 0 Å². The number of methoxy groups -OCH3 is 1. The van der Waals surface area contributed by atoms with Crippen LogP contribution in [0.2, 0.25) is 0 Å². The molecule has 1 aromatic carbocycles. The van der Waals surface area contributed by atoms with Crippen molar-refractivity contribution in [2.45, 2.75) is 12.3 Å². The number of benzene rings is 1. The largest absolute Gasteiger partial charge is 0.469 e. The van der Waals surface area contributed by atoms with Crippen LogP contribution in [0.15, 0.2) is 18.2 Å². The lowest BCUT2D eigenvalue weighted by Crippen LogP contribution is -2.04. The molecule has 1 unspecified atom stereocenters. The van der Waals surface area contributed by atoms with Crippen LogP contribution >= 0.6 is 0 Å². The Morgan fingerprint density at radius 2 is 2.13 bits per heavy atom. The fraction of sp³-hybridized carbons (Fsp3) is 0.364. The van der Waals surface area contributed by atoms with Crippen molar-refractivity contribution in [1.29, 1.82) is 0 Å². The summed E-state index contributed by atoms with van der Waals surface area (Å²) in [5.74, 6) is -2.24. The van der Waals surface area contributed by atoms with Crippen molar-refractivity contribution in [3.05, 3.63) is 35.4 Å². The molecule has 0 aromatic heterocycles. The lowest BCUT2D eigenvalue weighted by molar-refractivity contribution is -0.142. The smallest absolute Gasteiger partial charge is 0.309 e. The third-order valence-corrected chi connectivity index (χ3v) is 2.67. The predicted octanol–water partition coefficient (Wildman–Crippen LogP) is 2.24. The van der Waals surface area contributed by atoms with Crippen LogP contribution in [0.1, 0.15) is 17.9 Å². The molecule has 0 saturated heterocycles. The van der Waals surface area contributed by atoms with Gasteiger partial charge in [0.25, 0.3) is 0 Å². The second-order valence-corrected chi connectivity index (χ2v) is 3.65. The minimum atomic E-state index is -0.872. The van der Waals surface area contributed by atoms with Gasteiger partial charge in [0, 0.05) is 0 Å². The molecule has 1 fully saturated rings. The lowest BCUT2D eigenvalue weighted by Gasteiger charge is -2.00. The van der Waals surface area contributed by atoms with Crippen molar-refractivity contribution in [1.82, 2.24) is 0 Å². The molecule has 1 saturated carbocycles. The number of hydrogen-bond donors (Lipinski definition) is 0. The maximum absolute atomic E-state index is 12.9. The summed E-state index contributed by atoms with van der Waals surface area (Å²) in [5.41, 5.74) is 0.657. The summed E-state index contributed by atoms with van der Waals surface area (Å²) in [6.45, 7) is 0. The SMILES string of the molecule is COC(=O)C1C[C@H]1c1ccc(F)c(F)c1. The normalized spacial score (nSPS) is 23.7. The molecule has 15 heavy (non-hydrogen) atoms. The van der Waals surface area contributed by atoms with Crippen LogP contribution in [-0.4, -0.2) is 13.1 Å². The first-order valence-electron chi connectivity index (χ1n) is 4.66. The number of halogens is 2. The summed E-state index contributed by atoms with van der Waals surface area (Å²) in [5, 5.41) is 0. The van der Waals surface area contributed by atoms with E-state index in [1.165, 1.54) is 13.2 Å². The quantitative estimate of drug-likeness (QED) is 0.703. The predicted molar refractivity (Wildman–Crippen MR) is 49.2 cm³/mol. The molecule has 2 atom stereocenters. The van der Waals surface area contributed by atoms with Gasteiger partial charge in [-0.2, -0.15) is 0 Å². The molecule has 0 amide bonds. The summed E-state index contributed by atoms with van der Waals surface area (Å²) < 4.78 is 30.1. The average Bonchev–Trinajstić information content (AvgIpc) is 3.01. The highest BCUT2D eigenvalue weighted by molar-refractivity contribution is 5.77. The van der Waals surface area contributed by atoms with E-state index in [0.29, 0.717) is 12.0 Å². The molecule has 80 valence electrons. The second-order valence-electron chi connectivity index (χ2n) is 3.65. The van der Waals surface area contributed by atoms with Crippen LogP contribution in [-0.2, 0) is 9.53 Å². The van der Waals surface area contributed by atoms with Gasteiger partial charge < -0.3 is 4.74 Å². The summed E-state index contributed by atoms with van der Waals surface area (Å²) >= 11 is 0. The second kappa shape index (κ2) is 3.61. The number of esters is 1. The minimum Gasteiger partial charge on any atom is -0.469 e. The van der Waals surface area contributed by atoms with Crippen LogP contribution in [0.25, 0.3) is 0 Å². The maximum Gasteiger partial charge on any atom is 0.309 e. The molecule has 0 bridgehead atoms. The Balaban J connectivity index is 2.13. The van der Waals surface area contributed by atoms with E-state index in [1.54, 1.807) is 0 Å². The summed E-state index contributed by atoms with van der Waals surface area (Å²) in [6.07, 6.45) is 0.651. The molecular formula is C11H10F2O2. The average molecular weight is 212 g/mol. The lowest BCUT2D eigenvalue weighted by atomic mass is 10.1. The third kappa shape index (κ3) is 1.84. The maximum atomic E-state index is 12.9. The molecule has 1 aromatic rings. The zero-order chi connectivity index (χ0) is 11.0. The van der Waals surface area contributed by atoms with E-state index in [4.69, 9.17) is 0 Å². The Bertz CT molecular complexity index is 404. The first-order valence-corrected chi connectivity index (χ1v) is 4.66. The number of rotatable bonds is 2. The first-order chi connectivity index (χ1) is 7.13. The van der Waals surface area contributed by atoms with Crippen molar-refractivity contribution in [3.63, 3.8) is 0 Å². The Morgan fingerprint density at radius 3 is 2.73 bits per heavy atom. The molecule has 4 heteroatoms. The first kappa shape index (κ1) is 10.1. The molecule has 2 nitrogen and oxygen atoms in total. The number of hydrogen-bond acceptors (Lipinski definition) is 2. The van der Waals surface area contributed by atoms with E-state index in [2.05, 4.69) is 4.74 Å². The highest BCUT2D eigenvalue weighted by Gasteiger charge is 2.45. The molecule has 0 spiro atoms. The van der Waals surface area contributed by atoms with Crippen molar-refractivity contribution < 1.29 is 18.3 Å². The monoisotopic (exact) mass is 212 g/mol. The molecular weight excluding hydrogens is 202 g/mol. The van der Waals surface area contributed by atoms with Crippen molar-refractivity contribution >= 4 is 5.97 Å². The third-order valence-electron chi connectivity index (χ3n) is 2.67. The van der Waals surface area contributed by atoms with Crippen LogP contribution in [0, 0.1) is 17.6 Å². The summed E-state index contributed by atoms with van der Waals surface area (Å²) in [7, 11) is 1.32. The summed E-state index contributed by atoms with van der Waals surface area (Å²) in [6, 6.07) is 3.73. The zero-order valence-corrected chi connectivity index (χ0v) is 8.17. The standard InChI is InChI=1S/C11H10F2O2/c1-15-11(14)8-5-7(8)6-2-3-9(12)10(13)4-6/h2-4,7-8H,5H2,1H3/t7-,8?/m0/s1. The Kier molecular flexibility index (Phi) is 2.42. The highest BCUT2D eigenvalue weighted by Crippen LogP contribution is 2.48. The van der Waals surface area contributed by atoms with Crippen molar-refractivity contribution in [2.75, 3.05) is 7.11 Å². The van der Waals surface area contributed by atoms with E-state index >= 15 is 0 Å². The molecule has 0 heterocycles. The van der Waals surface area contributed by atoms with Gasteiger partial charge >= 0.3 is 5.97 Å². The van der Waals surface area contributed by atoms with Crippen molar-refractivity contribution in [3.8, 4) is 0 Å². The molecule has 0 aliphatic heterocycles. The van der Waals surface area contributed by atoms with Gasteiger partial charge in [-0.25, -0.2) is 8.78 Å². The van der Waals surface area contributed by atoms with Crippen LogP contribution in [0.4, 0.5) is 8.78 Å². The number of ether oxygens (including phenoxy) is 1. The van der Waals surface area contributed by atoms with Crippen LogP contribution in [0.5, 0.6) is 0 Å². The Labute approximate surface area is 85.9 Å². The van der Waals surface area contributed by atoms with Gasteiger partial charge in [-0.1, -0.05) is 6.07 Å². The molecule has 1 aliphatic carbocycles. The minimum absolute atomic E-state index is 0.0208. The number of carbonyl (C=O) groups is 1. The van der Waals surface area contributed by atoms with E-state index in [1.807, 2.05) is 0 Å². The Hall–Kier alpha value is -1.45. The van der Waals surface area contributed by atoms with Crippen molar-refractivity contribution in [2.24, 2.45) is 5.92 Å². The zero-order valence-electron chi connectivity index (χ0n) is 8.17. The Morgan fingerprint density at radius 1 is 1.40 bits per heavy atom. The van der Waals surface area contributed by atoms with Gasteiger partial charge in [0.05, 0.1) is 13.0 Å². The van der Waals surface area contributed by atoms with Crippen LogP contribution < -0.4 is 0 Å². The van der Waals surface area contributed by atoms with E-state index in [9.17, 15) is 13.6 Å². The molecule has 0 N–H and O–H groups in total. The fourth-order valence-electron chi connectivity index (χ4n) is 1.72. The van der Waals surface area contributed by atoms with Gasteiger partial charge in [0.2, 0.25) is 0 Å². The topological polar surface area (TPSA) is 26.3 Å². The van der Waals surface area contributed by atoms with Gasteiger partial charge in [0.1, 0.15) is 0 Å². The molecule has 1 aliphatic rings. The summed E-state index contributed by atoms with van der Waals surface area (Å²) in [4.78, 5) is 11.1. The van der Waals surface area contributed by atoms with Gasteiger partial charge in [-0.05, 0) is 30.0 Å². The fourth-order valence-corrected chi connectivity index (χ4v) is 1.72. The van der Waals surface area contributed by atoms with E-state index < -0.39 is 11.6 Å². The van der Waals surface area contributed by atoms with Gasteiger partial charge in [-0.3, -0.25) is 4.79 Å². The number of carbonyl (C=O) groups excluding carboxylic acids is 1. The molecule has 2 rings (SSSR count). The highest BCUT2D eigenvalue weighted by atomic mass is 19.2.